The Labute approximate surface area is 87.6 Å². The van der Waals surface area contributed by atoms with Crippen LogP contribution in [0.3, 0.4) is 0 Å². The summed E-state index contributed by atoms with van der Waals surface area (Å²) in [5, 5.41) is 18.3. The van der Waals surface area contributed by atoms with Crippen LogP contribution < -0.4 is 5.32 Å². The smallest absolute Gasteiger partial charge is 0.271 e. The molecule has 0 aliphatic carbocycles. The van der Waals surface area contributed by atoms with Gasteiger partial charge in [-0.3, -0.25) is 9.89 Å². The van der Waals surface area contributed by atoms with E-state index in [9.17, 15) is 9.90 Å². The Morgan fingerprint density at radius 1 is 1.80 bits per heavy atom. The summed E-state index contributed by atoms with van der Waals surface area (Å²) < 4.78 is 4.72. The van der Waals surface area contributed by atoms with Crippen LogP contribution in [0.25, 0.3) is 0 Å². The first-order valence-corrected chi connectivity index (χ1v) is 4.60. The van der Waals surface area contributed by atoms with Crippen molar-refractivity contribution in [1.29, 1.82) is 0 Å². The second-order valence-corrected chi connectivity index (χ2v) is 3.26. The number of carbonyl (C=O) groups excluding carboxylic acids is 1. The van der Waals surface area contributed by atoms with Crippen molar-refractivity contribution in [2.45, 2.75) is 13.0 Å². The van der Waals surface area contributed by atoms with E-state index in [1.54, 1.807) is 6.07 Å². The van der Waals surface area contributed by atoms with Gasteiger partial charge in [0.1, 0.15) is 5.69 Å². The van der Waals surface area contributed by atoms with Crippen molar-refractivity contribution in [3.05, 3.63) is 17.5 Å². The molecule has 84 valence electrons. The first-order chi connectivity index (χ1) is 7.13. The number of hydrogen-bond donors (Lipinski definition) is 3. The third-order valence-corrected chi connectivity index (χ3v) is 1.80. The molecule has 6 heteroatoms. The van der Waals surface area contributed by atoms with Gasteiger partial charge in [-0.05, 0) is 13.0 Å². The van der Waals surface area contributed by atoms with Crippen LogP contribution in [0.15, 0.2) is 6.07 Å². The van der Waals surface area contributed by atoms with Gasteiger partial charge < -0.3 is 15.2 Å². The predicted molar refractivity (Wildman–Crippen MR) is 53.5 cm³/mol. The van der Waals surface area contributed by atoms with E-state index in [0.29, 0.717) is 5.69 Å². The molecule has 0 radical (unpaired) electrons. The average molecular weight is 213 g/mol. The van der Waals surface area contributed by atoms with Crippen molar-refractivity contribution in [3.63, 3.8) is 0 Å². The van der Waals surface area contributed by atoms with Crippen LogP contribution in [0.4, 0.5) is 0 Å². The van der Waals surface area contributed by atoms with E-state index in [-0.39, 0.29) is 19.1 Å². The van der Waals surface area contributed by atoms with Gasteiger partial charge in [0.05, 0.1) is 12.7 Å². The number of ether oxygens (including phenoxy) is 1. The Kier molecular flexibility index (Phi) is 4.26. The molecule has 0 aromatic carbocycles. The number of nitrogens with zero attached hydrogens (tertiary/aromatic N) is 1. The number of aryl methyl sites for hydroxylation is 1. The maximum atomic E-state index is 11.4. The van der Waals surface area contributed by atoms with Crippen molar-refractivity contribution in [3.8, 4) is 0 Å². The number of amides is 1. The van der Waals surface area contributed by atoms with Gasteiger partial charge in [-0.25, -0.2) is 0 Å². The Balaban J connectivity index is 2.36. The maximum absolute atomic E-state index is 11.4. The topological polar surface area (TPSA) is 87.2 Å². The summed E-state index contributed by atoms with van der Waals surface area (Å²) in [5.74, 6) is -0.311. The molecule has 1 aromatic rings. The van der Waals surface area contributed by atoms with E-state index in [1.807, 2.05) is 6.92 Å². The van der Waals surface area contributed by atoms with Gasteiger partial charge in [0, 0.05) is 19.3 Å². The van der Waals surface area contributed by atoms with E-state index in [1.165, 1.54) is 7.11 Å². The first-order valence-electron chi connectivity index (χ1n) is 4.60. The fourth-order valence-corrected chi connectivity index (χ4v) is 1.09. The van der Waals surface area contributed by atoms with Crippen molar-refractivity contribution < 1.29 is 14.6 Å². The standard InChI is InChI=1S/C9H15N3O3/c1-6-3-8(12-11-6)9(14)10-4-7(13)5-15-2/h3,7,13H,4-5H2,1-2H3,(H,10,14)(H,11,12). The van der Waals surface area contributed by atoms with Crippen LogP contribution in [-0.2, 0) is 4.74 Å². The Bertz CT molecular complexity index is 324. The van der Waals surface area contributed by atoms with Crippen molar-refractivity contribution in [1.82, 2.24) is 15.5 Å². The molecule has 0 bridgehead atoms. The Morgan fingerprint density at radius 2 is 2.53 bits per heavy atom. The van der Waals surface area contributed by atoms with E-state index in [2.05, 4.69) is 15.5 Å². The molecule has 1 heterocycles. The molecule has 0 fully saturated rings. The van der Waals surface area contributed by atoms with Gasteiger partial charge in [0.15, 0.2) is 0 Å². The number of carbonyl (C=O) groups is 1. The van der Waals surface area contributed by atoms with Crippen molar-refractivity contribution >= 4 is 5.91 Å². The highest BCUT2D eigenvalue weighted by atomic mass is 16.5. The fraction of sp³-hybridized carbons (Fsp3) is 0.556. The molecular weight excluding hydrogens is 198 g/mol. The zero-order valence-corrected chi connectivity index (χ0v) is 8.78. The molecule has 1 amide bonds. The molecule has 1 unspecified atom stereocenters. The normalized spacial score (nSPS) is 12.5. The largest absolute Gasteiger partial charge is 0.389 e. The molecule has 1 aromatic heterocycles. The monoisotopic (exact) mass is 213 g/mol. The lowest BCUT2D eigenvalue weighted by atomic mass is 10.3. The molecule has 3 N–H and O–H groups in total. The summed E-state index contributed by atoms with van der Waals surface area (Å²) in [6.07, 6.45) is -0.695. The first kappa shape index (κ1) is 11.7. The van der Waals surface area contributed by atoms with E-state index in [0.717, 1.165) is 5.69 Å². The minimum Gasteiger partial charge on any atom is -0.389 e. The highest BCUT2D eigenvalue weighted by molar-refractivity contribution is 5.92. The van der Waals surface area contributed by atoms with Crippen molar-refractivity contribution in [2.24, 2.45) is 0 Å². The molecule has 1 atom stereocenters. The van der Waals surface area contributed by atoms with Crippen LogP contribution in [0.5, 0.6) is 0 Å². The molecular formula is C9H15N3O3. The number of hydrogen-bond acceptors (Lipinski definition) is 4. The summed E-state index contributed by atoms with van der Waals surface area (Å²) in [5.41, 5.74) is 1.13. The van der Waals surface area contributed by atoms with Gasteiger partial charge in [-0.2, -0.15) is 5.10 Å². The number of aliphatic hydroxyl groups excluding tert-OH is 1. The van der Waals surface area contributed by atoms with Crippen LogP contribution in [0.1, 0.15) is 16.2 Å². The number of aromatic nitrogens is 2. The number of aliphatic hydroxyl groups is 1. The quantitative estimate of drug-likeness (QED) is 0.612. The Morgan fingerprint density at radius 3 is 3.07 bits per heavy atom. The second kappa shape index (κ2) is 5.47. The molecule has 6 nitrogen and oxygen atoms in total. The summed E-state index contributed by atoms with van der Waals surface area (Å²) in [6.45, 7) is 2.15. The lowest BCUT2D eigenvalue weighted by Crippen LogP contribution is -2.34. The number of H-pyrrole nitrogens is 1. The second-order valence-electron chi connectivity index (χ2n) is 3.26. The molecule has 0 saturated heterocycles. The minimum absolute atomic E-state index is 0.151. The summed E-state index contributed by atoms with van der Waals surface area (Å²) in [6, 6.07) is 1.64. The van der Waals surface area contributed by atoms with E-state index < -0.39 is 6.10 Å². The number of nitrogens with one attached hydrogen (secondary N) is 2. The molecule has 1 rings (SSSR count). The molecule has 0 saturated carbocycles. The molecule has 0 spiro atoms. The third kappa shape index (κ3) is 3.69. The summed E-state index contributed by atoms with van der Waals surface area (Å²) >= 11 is 0. The van der Waals surface area contributed by atoms with Gasteiger partial charge in [0.2, 0.25) is 0 Å². The summed E-state index contributed by atoms with van der Waals surface area (Å²) in [7, 11) is 1.49. The number of methoxy groups -OCH3 is 1. The van der Waals surface area contributed by atoms with Crippen molar-refractivity contribution in [2.75, 3.05) is 20.3 Å². The van der Waals surface area contributed by atoms with Crippen LogP contribution >= 0.6 is 0 Å². The lowest BCUT2D eigenvalue weighted by molar-refractivity contribution is 0.0608. The Hall–Kier alpha value is -1.40. The minimum atomic E-state index is -0.695. The summed E-state index contributed by atoms with van der Waals surface area (Å²) in [4.78, 5) is 11.4. The van der Waals surface area contributed by atoms with Crippen LogP contribution in [0.2, 0.25) is 0 Å². The molecule has 15 heavy (non-hydrogen) atoms. The number of rotatable bonds is 5. The lowest BCUT2D eigenvalue weighted by Gasteiger charge is -2.09. The predicted octanol–water partition coefficient (Wildman–Crippen LogP) is -0.545. The zero-order valence-electron chi connectivity index (χ0n) is 8.78. The van der Waals surface area contributed by atoms with Crippen LogP contribution in [0, 0.1) is 6.92 Å². The average Bonchev–Trinajstić information content (AvgIpc) is 2.62. The van der Waals surface area contributed by atoms with E-state index in [4.69, 9.17) is 4.74 Å². The highest BCUT2D eigenvalue weighted by Crippen LogP contribution is 1.97. The molecule has 0 aliphatic heterocycles. The fourth-order valence-electron chi connectivity index (χ4n) is 1.09. The zero-order chi connectivity index (χ0) is 11.3. The third-order valence-electron chi connectivity index (χ3n) is 1.80. The van der Waals surface area contributed by atoms with Gasteiger partial charge in [0.25, 0.3) is 5.91 Å². The van der Waals surface area contributed by atoms with Gasteiger partial charge in [-0.15, -0.1) is 0 Å². The maximum Gasteiger partial charge on any atom is 0.271 e. The van der Waals surface area contributed by atoms with Gasteiger partial charge >= 0.3 is 0 Å². The SMILES string of the molecule is COCC(O)CNC(=O)c1cc(C)[nH]n1. The molecule has 0 aliphatic rings. The highest BCUT2D eigenvalue weighted by Gasteiger charge is 2.10. The van der Waals surface area contributed by atoms with E-state index >= 15 is 0 Å². The van der Waals surface area contributed by atoms with Gasteiger partial charge in [-0.1, -0.05) is 0 Å². The van der Waals surface area contributed by atoms with Crippen LogP contribution in [-0.4, -0.2) is 47.6 Å². The number of aromatic amines is 1.